The van der Waals surface area contributed by atoms with E-state index in [-0.39, 0.29) is 0 Å². The molecule has 3 aromatic heterocycles. The number of aryl methyl sites for hydroxylation is 1. The molecule has 3 aromatic rings. The topological polar surface area (TPSA) is 96.8 Å². The van der Waals surface area contributed by atoms with Gasteiger partial charge in [0.2, 0.25) is 5.95 Å². The lowest BCUT2D eigenvalue weighted by Gasteiger charge is -2.23. The molecule has 0 spiro atoms. The Labute approximate surface area is 201 Å². The van der Waals surface area contributed by atoms with Crippen molar-refractivity contribution in [2.75, 3.05) is 29.9 Å². The summed E-state index contributed by atoms with van der Waals surface area (Å²) in [7, 11) is 0.701. The number of piperidine rings is 1. The van der Waals surface area contributed by atoms with E-state index in [0.717, 1.165) is 47.6 Å². The number of anilines is 3. The van der Waals surface area contributed by atoms with Gasteiger partial charge in [0.15, 0.2) is 5.65 Å². The van der Waals surface area contributed by atoms with Crippen molar-refractivity contribution in [3.8, 4) is 6.07 Å². The molecule has 180 valence electrons. The first kappa shape index (κ1) is 22.9. The van der Waals surface area contributed by atoms with Gasteiger partial charge >= 0.3 is 0 Å². The van der Waals surface area contributed by atoms with Gasteiger partial charge in [0, 0.05) is 47.2 Å². The number of fused-ring (bicyclic) bond motifs is 2. The van der Waals surface area contributed by atoms with Crippen molar-refractivity contribution in [1.29, 1.82) is 5.26 Å². The highest BCUT2D eigenvalue weighted by Crippen LogP contribution is 2.60. The number of hydrogen-bond donors (Lipinski definition) is 1. The Morgan fingerprint density at radius 2 is 2.12 bits per heavy atom. The van der Waals surface area contributed by atoms with Crippen LogP contribution in [0, 0.1) is 22.7 Å². The second kappa shape index (κ2) is 8.39. The zero-order chi connectivity index (χ0) is 24.1. The molecule has 0 amide bonds. The van der Waals surface area contributed by atoms with E-state index in [4.69, 9.17) is 14.7 Å². The van der Waals surface area contributed by atoms with Crippen molar-refractivity contribution < 1.29 is 4.74 Å². The highest BCUT2D eigenvalue weighted by atomic mass is 28.3. The molecule has 34 heavy (non-hydrogen) atoms. The zero-order valence-electron chi connectivity index (χ0n) is 20.8. The maximum atomic E-state index is 9.96. The van der Waals surface area contributed by atoms with E-state index < -0.39 is 8.07 Å². The summed E-state index contributed by atoms with van der Waals surface area (Å²) in [6.45, 7) is 12.3. The monoisotopic (exact) mass is 478 g/mol. The number of nitrogens with one attached hydrogen (secondary N) is 1. The highest BCUT2D eigenvalue weighted by molar-refractivity contribution is 6.76. The van der Waals surface area contributed by atoms with Crippen molar-refractivity contribution in [1.82, 2.24) is 24.3 Å². The quantitative estimate of drug-likeness (QED) is 0.361. The van der Waals surface area contributed by atoms with Crippen molar-refractivity contribution >= 4 is 36.6 Å². The van der Waals surface area contributed by atoms with Crippen LogP contribution in [-0.2, 0) is 18.5 Å². The Kier molecular flexibility index (Phi) is 5.65. The van der Waals surface area contributed by atoms with Gasteiger partial charge in [-0.3, -0.25) is 4.68 Å². The fourth-order valence-corrected chi connectivity index (χ4v) is 5.85. The molecule has 1 aliphatic carbocycles. The zero-order valence-corrected chi connectivity index (χ0v) is 21.8. The maximum Gasteiger partial charge on any atom is 0.231 e. The molecular formula is C24H34N8OSi. The molecule has 1 aliphatic heterocycles. The molecule has 2 fully saturated rings. The number of aromatic nitrogens is 5. The van der Waals surface area contributed by atoms with Gasteiger partial charge in [0.25, 0.3) is 0 Å². The lowest BCUT2D eigenvalue weighted by Crippen LogP contribution is -2.26. The van der Waals surface area contributed by atoms with Crippen molar-refractivity contribution in [3.05, 3.63) is 24.2 Å². The number of nitrogens with zero attached hydrogens (tertiary/aromatic N) is 7. The number of nitriles is 1. The Morgan fingerprint density at radius 3 is 2.76 bits per heavy atom. The average Bonchev–Trinajstić information content (AvgIpc) is 3.09. The molecule has 1 saturated carbocycles. The van der Waals surface area contributed by atoms with Gasteiger partial charge in [0.1, 0.15) is 18.6 Å². The fraction of sp³-hybridized carbons (Fsp3) is 0.583. The predicted octanol–water partition coefficient (Wildman–Crippen LogP) is 4.33. The van der Waals surface area contributed by atoms with Gasteiger partial charge in [-0.25, -0.2) is 0 Å². The van der Waals surface area contributed by atoms with Crippen LogP contribution in [0.15, 0.2) is 18.6 Å². The Hall–Kier alpha value is -2.90. The third kappa shape index (κ3) is 4.30. The summed E-state index contributed by atoms with van der Waals surface area (Å²) in [5.74, 6) is 2.07. The van der Waals surface area contributed by atoms with Crippen LogP contribution < -0.4 is 10.2 Å². The largest absolute Gasteiger partial charge is 0.361 e. The summed E-state index contributed by atoms with van der Waals surface area (Å²) in [6.07, 6.45) is 7.98. The van der Waals surface area contributed by atoms with Gasteiger partial charge in [-0.15, -0.1) is 0 Å². The first-order valence-electron chi connectivity index (χ1n) is 12.1. The molecule has 1 N–H and O–H groups in total. The third-order valence-corrected chi connectivity index (χ3v) is 9.02. The highest BCUT2D eigenvalue weighted by Gasteiger charge is 2.58. The van der Waals surface area contributed by atoms with Gasteiger partial charge < -0.3 is 19.5 Å². The van der Waals surface area contributed by atoms with E-state index in [1.165, 1.54) is 12.8 Å². The molecule has 9 nitrogen and oxygen atoms in total. The molecular weight excluding hydrogens is 444 g/mol. The Bertz CT molecular complexity index is 1250. The normalized spacial score (nSPS) is 21.6. The standard InChI is InChI=1S/C24H34N8OSi/c1-6-24-9-18(24)13-31(15-24)21-20-17(10-25)12-32(16-33-7-8-34(3,4)5)22(20)29-23(28-21)27-19-11-26-30(2)14-19/h11-12,14,18H,6-9,13,15-16H2,1-5H3,(H,27,28,29). The summed E-state index contributed by atoms with van der Waals surface area (Å²) in [5, 5.41) is 18.3. The number of ether oxygens (including phenoxy) is 1. The molecule has 0 radical (unpaired) electrons. The molecule has 2 unspecified atom stereocenters. The van der Waals surface area contributed by atoms with E-state index in [9.17, 15) is 5.26 Å². The van der Waals surface area contributed by atoms with Gasteiger partial charge in [-0.1, -0.05) is 26.6 Å². The SMILES string of the molecule is CCC12CC1CN(c1nc(Nc3cnn(C)c3)nc3c1c(C#N)cn3COCC[Si](C)(C)C)C2. The van der Waals surface area contributed by atoms with E-state index in [1.54, 1.807) is 10.9 Å². The summed E-state index contributed by atoms with van der Waals surface area (Å²) in [5.41, 5.74) is 2.56. The van der Waals surface area contributed by atoms with Crippen LogP contribution in [-0.4, -0.2) is 52.1 Å². The van der Waals surface area contributed by atoms with Gasteiger partial charge in [-0.2, -0.15) is 20.3 Å². The first-order chi connectivity index (χ1) is 16.2. The van der Waals surface area contributed by atoms with Crippen LogP contribution in [0.25, 0.3) is 11.0 Å². The van der Waals surface area contributed by atoms with E-state index in [1.807, 2.05) is 24.0 Å². The van der Waals surface area contributed by atoms with Crippen LogP contribution in [0.5, 0.6) is 0 Å². The predicted molar refractivity (Wildman–Crippen MR) is 136 cm³/mol. The van der Waals surface area contributed by atoms with Crippen LogP contribution >= 0.6 is 0 Å². The summed E-state index contributed by atoms with van der Waals surface area (Å²) in [6, 6.07) is 3.47. The van der Waals surface area contributed by atoms with Crippen LogP contribution in [0.3, 0.4) is 0 Å². The summed E-state index contributed by atoms with van der Waals surface area (Å²) < 4.78 is 9.71. The number of hydrogen-bond acceptors (Lipinski definition) is 7. The van der Waals surface area contributed by atoms with E-state index in [2.05, 4.69) is 47.9 Å². The fourth-order valence-electron chi connectivity index (χ4n) is 5.09. The second-order valence-corrected chi connectivity index (χ2v) is 16.7. The lowest BCUT2D eigenvalue weighted by molar-refractivity contribution is 0.0898. The Morgan fingerprint density at radius 1 is 1.29 bits per heavy atom. The minimum absolute atomic E-state index is 0.368. The minimum atomic E-state index is -1.18. The number of rotatable bonds is 9. The average molecular weight is 479 g/mol. The van der Waals surface area contributed by atoms with Crippen LogP contribution in [0.2, 0.25) is 25.7 Å². The van der Waals surface area contributed by atoms with E-state index >= 15 is 0 Å². The van der Waals surface area contributed by atoms with Crippen molar-refractivity contribution in [2.24, 2.45) is 18.4 Å². The molecule has 2 aliphatic rings. The van der Waals surface area contributed by atoms with Crippen molar-refractivity contribution in [3.63, 3.8) is 0 Å². The molecule has 2 atom stereocenters. The van der Waals surface area contributed by atoms with Gasteiger partial charge in [-0.05, 0) is 30.2 Å². The minimum Gasteiger partial charge on any atom is -0.361 e. The first-order valence-corrected chi connectivity index (χ1v) is 15.8. The molecule has 4 heterocycles. The molecule has 0 aromatic carbocycles. The second-order valence-electron chi connectivity index (χ2n) is 11.1. The van der Waals surface area contributed by atoms with Crippen LogP contribution in [0.1, 0.15) is 25.3 Å². The molecule has 0 bridgehead atoms. The van der Waals surface area contributed by atoms with Crippen LogP contribution in [0.4, 0.5) is 17.5 Å². The molecule has 10 heteroatoms. The summed E-state index contributed by atoms with van der Waals surface area (Å²) >= 11 is 0. The summed E-state index contributed by atoms with van der Waals surface area (Å²) in [4.78, 5) is 12.1. The smallest absolute Gasteiger partial charge is 0.231 e. The molecule has 1 saturated heterocycles. The Balaban J connectivity index is 1.52. The van der Waals surface area contributed by atoms with E-state index in [0.29, 0.717) is 30.3 Å². The van der Waals surface area contributed by atoms with Crippen molar-refractivity contribution in [2.45, 2.75) is 52.2 Å². The lowest BCUT2D eigenvalue weighted by atomic mass is 10.0. The third-order valence-electron chi connectivity index (χ3n) is 7.31. The molecule has 5 rings (SSSR count). The van der Waals surface area contributed by atoms with Gasteiger partial charge in [0.05, 0.1) is 22.8 Å². The maximum absolute atomic E-state index is 9.96.